The van der Waals surface area contributed by atoms with Crippen LogP contribution in [0.5, 0.6) is 5.75 Å². The molecule has 0 bridgehead atoms. The third-order valence-electron chi connectivity index (χ3n) is 3.18. The van der Waals surface area contributed by atoms with Crippen LogP contribution in [0.4, 0.5) is 0 Å². The Morgan fingerprint density at radius 1 is 1.37 bits per heavy atom. The third kappa shape index (κ3) is 3.99. The molecule has 0 radical (unpaired) electrons. The van der Waals surface area contributed by atoms with Crippen LogP contribution in [-0.2, 0) is 16.4 Å². The molecule has 1 unspecified atom stereocenters. The molecule has 106 valence electrons. The van der Waals surface area contributed by atoms with E-state index in [1.165, 1.54) is 6.07 Å². The van der Waals surface area contributed by atoms with Crippen molar-refractivity contribution in [3.63, 3.8) is 0 Å². The highest BCUT2D eigenvalue weighted by Crippen LogP contribution is 2.31. The van der Waals surface area contributed by atoms with Crippen LogP contribution >= 0.6 is 23.2 Å². The number of rotatable bonds is 4. The summed E-state index contributed by atoms with van der Waals surface area (Å²) < 4.78 is 22.6. The van der Waals surface area contributed by atoms with E-state index in [-0.39, 0.29) is 28.2 Å². The highest BCUT2D eigenvalue weighted by atomic mass is 35.5. The van der Waals surface area contributed by atoms with Gasteiger partial charge in [-0.15, -0.1) is 0 Å². The van der Waals surface area contributed by atoms with Crippen molar-refractivity contribution in [1.82, 2.24) is 5.32 Å². The van der Waals surface area contributed by atoms with Crippen molar-refractivity contribution in [2.75, 3.05) is 18.1 Å². The Bertz CT molecular complexity index is 575. The molecule has 1 aliphatic rings. The van der Waals surface area contributed by atoms with Crippen molar-refractivity contribution in [2.24, 2.45) is 5.92 Å². The molecule has 4 nitrogen and oxygen atoms in total. The fourth-order valence-corrected chi connectivity index (χ4v) is 4.60. The summed E-state index contributed by atoms with van der Waals surface area (Å²) >= 11 is 11.7. The molecule has 1 aliphatic heterocycles. The molecule has 7 heteroatoms. The standard InChI is InChI=1S/C12H15Cl2NO3S/c13-10-3-9(12(16)11(14)4-10)6-15-5-8-1-2-19(17,18)7-8/h3-4,8,15-16H,1-2,5-7H2. The number of benzene rings is 1. The predicted molar refractivity (Wildman–Crippen MR) is 76.6 cm³/mol. The monoisotopic (exact) mass is 323 g/mol. The van der Waals surface area contributed by atoms with Crippen molar-refractivity contribution in [1.29, 1.82) is 0 Å². The van der Waals surface area contributed by atoms with Crippen LogP contribution in [0.15, 0.2) is 12.1 Å². The van der Waals surface area contributed by atoms with E-state index in [2.05, 4.69) is 5.32 Å². The Balaban J connectivity index is 1.90. The zero-order chi connectivity index (χ0) is 14.0. The van der Waals surface area contributed by atoms with Crippen molar-refractivity contribution < 1.29 is 13.5 Å². The van der Waals surface area contributed by atoms with Crippen molar-refractivity contribution in [3.05, 3.63) is 27.7 Å². The smallest absolute Gasteiger partial charge is 0.150 e. The van der Waals surface area contributed by atoms with Crippen LogP contribution in [0.25, 0.3) is 0 Å². The quantitative estimate of drug-likeness (QED) is 0.891. The topological polar surface area (TPSA) is 66.4 Å². The SMILES string of the molecule is O=S1(=O)CCC(CNCc2cc(Cl)cc(Cl)c2O)C1. The minimum absolute atomic E-state index is 0.0117. The van der Waals surface area contributed by atoms with Crippen LogP contribution in [0.3, 0.4) is 0 Å². The van der Waals surface area contributed by atoms with Crippen molar-refractivity contribution >= 4 is 33.0 Å². The van der Waals surface area contributed by atoms with E-state index in [0.29, 0.717) is 30.1 Å². The first kappa shape index (κ1) is 14.9. The summed E-state index contributed by atoms with van der Waals surface area (Å²) in [5, 5.41) is 13.6. The molecular weight excluding hydrogens is 309 g/mol. The van der Waals surface area contributed by atoms with Gasteiger partial charge >= 0.3 is 0 Å². The molecule has 2 N–H and O–H groups in total. The number of phenolic OH excluding ortho intramolecular Hbond substituents is 1. The second-order valence-corrected chi connectivity index (χ2v) is 7.87. The molecule has 1 atom stereocenters. The molecule has 0 spiro atoms. The van der Waals surface area contributed by atoms with Gasteiger partial charge in [-0.1, -0.05) is 23.2 Å². The first-order valence-corrected chi connectivity index (χ1v) is 8.53. The molecule has 0 amide bonds. The molecule has 0 aliphatic carbocycles. The van der Waals surface area contributed by atoms with Gasteiger partial charge in [0.05, 0.1) is 16.5 Å². The van der Waals surface area contributed by atoms with Gasteiger partial charge in [-0.2, -0.15) is 0 Å². The molecule has 0 aromatic heterocycles. The Labute approximate surface area is 122 Å². The average Bonchev–Trinajstić information content (AvgIpc) is 2.65. The fourth-order valence-electron chi connectivity index (χ4n) is 2.20. The number of nitrogens with one attached hydrogen (secondary N) is 1. The zero-order valence-corrected chi connectivity index (χ0v) is 12.5. The molecule has 1 saturated heterocycles. The Kier molecular flexibility index (Phi) is 4.61. The summed E-state index contributed by atoms with van der Waals surface area (Å²) in [6, 6.07) is 3.12. The van der Waals surface area contributed by atoms with Crippen LogP contribution in [-0.4, -0.2) is 31.6 Å². The lowest BCUT2D eigenvalue weighted by molar-refractivity contribution is 0.459. The van der Waals surface area contributed by atoms with E-state index in [1.807, 2.05) is 0 Å². The van der Waals surface area contributed by atoms with E-state index in [9.17, 15) is 13.5 Å². The Morgan fingerprint density at radius 3 is 2.74 bits per heavy atom. The zero-order valence-electron chi connectivity index (χ0n) is 10.2. The van der Waals surface area contributed by atoms with Gasteiger partial charge in [0.2, 0.25) is 0 Å². The lowest BCUT2D eigenvalue weighted by Crippen LogP contribution is -2.23. The molecule has 1 aromatic rings. The van der Waals surface area contributed by atoms with Gasteiger partial charge in [0.25, 0.3) is 0 Å². The summed E-state index contributed by atoms with van der Waals surface area (Å²) in [5.74, 6) is 0.662. The lowest BCUT2D eigenvalue weighted by Gasteiger charge is -2.11. The molecule has 19 heavy (non-hydrogen) atoms. The molecular formula is C12H15Cl2NO3S. The van der Waals surface area contributed by atoms with E-state index >= 15 is 0 Å². The number of halogens is 2. The maximum atomic E-state index is 11.3. The normalized spacial score (nSPS) is 21.7. The number of phenols is 1. The first-order chi connectivity index (χ1) is 8.87. The summed E-state index contributed by atoms with van der Waals surface area (Å²) in [7, 11) is -2.84. The molecule has 0 saturated carbocycles. The lowest BCUT2D eigenvalue weighted by atomic mass is 10.1. The van der Waals surface area contributed by atoms with Gasteiger partial charge in [0.1, 0.15) is 5.75 Å². The van der Waals surface area contributed by atoms with Gasteiger partial charge in [0.15, 0.2) is 9.84 Å². The highest BCUT2D eigenvalue weighted by molar-refractivity contribution is 7.91. The first-order valence-electron chi connectivity index (χ1n) is 5.95. The van der Waals surface area contributed by atoms with Crippen LogP contribution in [0.2, 0.25) is 10.0 Å². The van der Waals surface area contributed by atoms with Crippen molar-refractivity contribution in [2.45, 2.75) is 13.0 Å². The maximum absolute atomic E-state index is 11.3. The van der Waals surface area contributed by atoms with Crippen molar-refractivity contribution in [3.8, 4) is 5.75 Å². The molecule has 2 rings (SSSR count). The largest absolute Gasteiger partial charge is 0.506 e. The van der Waals surface area contributed by atoms with Gasteiger partial charge in [-0.05, 0) is 31.0 Å². The van der Waals surface area contributed by atoms with E-state index in [4.69, 9.17) is 23.2 Å². The minimum Gasteiger partial charge on any atom is -0.506 e. The maximum Gasteiger partial charge on any atom is 0.150 e. The van der Waals surface area contributed by atoms with E-state index < -0.39 is 9.84 Å². The minimum atomic E-state index is -2.84. The predicted octanol–water partition coefficient (Wildman–Crippen LogP) is 2.22. The molecule has 1 heterocycles. The van der Waals surface area contributed by atoms with Gasteiger partial charge in [-0.25, -0.2) is 8.42 Å². The second kappa shape index (κ2) is 5.87. The number of sulfone groups is 1. The van der Waals surface area contributed by atoms with Crippen LogP contribution in [0.1, 0.15) is 12.0 Å². The summed E-state index contributed by atoms with van der Waals surface area (Å²) in [6.45, 7) is 1.01. The average molecular weight is 324 g/mol. The second-order valence-electron chi connectivity index (χ2n) is 4.80. The van der Waals surface area contributed by atoms with Gasteiger partial charge in [-0.3, -0.25) is 0 Å². The number of aromatic hydroxyl groups is 1. The highest BCUT2D eigenvalue weighted by Gasteiger charge is 2.27. The Morgan fingerprint density at radius 2 is 2.11 bits per heavy atom. The van der Waals surface area contributed by atoms with Crippen LogP contribution in [0, 0.1) is 5.92 Å². The Hall–Kier alpha value is -0.490. The summed E-state index contributed by atoms with van der Waals surface area (Å²) in [5.41, 5.74) is 0.610. The number of hydrogen-bond donors (Lipinski definition) is 2. The molecule has 1 fully saturated rings. The number of hydrogen-bond acceptors (Lipinski definition) is 4. The van der Waals surface area contributed by atoms with Gasteiger partial charge < -0.3 is 10.4 Å². The van der Waals surface area contributed by atoms with Gasteiger partial charge in [0, 0.05) is 17.1 Å². The van der Waals surface area contributed by atoms with E-state index in [1.54, 1.807) is 6.07 Å². The van der Waals surface area contributed by atoms with Crippen LogP contribution < -0.4 is 5.32 Å². The fraction of sp³-hybridized carbons (Fsp3) is 0.500. The summed E-state index contributed by atoms with van der Waals surface area (Å²) in [6.07, 6.45) is 0.692. The third-order valence-corrected chi connectivity index (χ3v) is 5.53. The van der Waals surface area contributed by atoms with E-state index in [0.717, 1.165) is 0 Å². The summed E-state index contributed by atoms with van der Waals surface area (Å²) in [4.78, 5) is 0. The molecule has 1 aromatic carbocycles.